The van der Waals surface area contributed by atoms with Crippen molar-refractivity contribution in [3.63, 3.8) is 0 Å². The van der Waals surface area contributed by atoms with E-state index in [4.69, 9.17) is 4.74 Å². The zero-order valence-corrected chi connectivity index (χ0v) is 14.6. The molecule has 4 rings (SSSR count). The van der Waals surface area contributed by atoms with Crippen molar-refractivity contribution in [2.45, 2.75) is 44.4 Å². The minimum atomic E-state index is 0.452. The highest BCUT2D eigenvalue weighted by Gasteiger charge is 2.36. The van der Waals surface area contributed by atoms with Crippen LogP contribution >= 0.6 is 0 Å². The van der Waals surface area contributed by atoms with E-state index < -0.39 is 0 Å². The fourth-order valence-corrected chi connectivity index (χ4v) is 3.60. The second kappa shape index (κ2) is 7.31. The Hall–Kier alpha value is -2.28. The summed E-state index contributed by atoms with van der Waals surface area (Å²) in [5.74, 6) is 2.81. The lowest BCUT2D eigenvalue weighted by molar-refractivity contribution is 0.178. The van der Waals surface area contributed by atoms with Gasteiger partial charge in [0.25, 0.3) is 0 Å². The molecule has 0 N–H and O–H groups in total. The van der Waals surface area contributed by atoms with Crippen molar-refractivity contribution in [1.29, 1.82) is 0 Å². The molecule has 1 saturated carbocycles. The molecular formula is C18H24N6O. The van der Waals surface area contributed by atoms with Crippen LogP contribution in [-0.4, -0.2) is 52.2 Å². The van der Waals surface area contributed by atoms with Gasteiger partial charge in [0.2, 0.25) is 0 Å². The van der Waals surface area contributed by atoms with Gasteiger partial charge >= 0.3 is 0 Å². The van der Waals surface area contributed by atoms with Crippen LogP contribution in [-0.2, 0) is 11.3 Å². The van der Waals surface area contributed by atoms with E-state index in [0.29, 0.717) is 18.7 Å². The average Bonchev–Trinajstić information content (AvgIpc) is 3.49. The Labute approximate surface area is 148 Å². The third-order valence-electron chi connectivity index (χ3n) is 4.92. The molecule has 1 aliphatic carbocycles. The molecule has 0 amide bonds. The van der Waals surface area contributed by atoms with E-state index in [1.165, 1.54) is 12.8 Å². The van der Waals surface area contributed by atoms with Crippen LogP contribution in [0.3, 0.4) is 0 Å². The van der Waals surface area contributed by atoms with E-state index >= 15 is 0 Å². The molecule has 7 nitrogen and oxygen atoms in total. The molecule has 25 heavy (non-hydrogen) atoms. The summed E-state index contributed by atoms with van der Waals surface area (Å²) in [6.45, 7) is 2.46. The van der Waals surface area contributed by atoms with Crippen molar-refractivity contribution >= 4 is 11.6 Å². The van der Waals surface area contributed by atoms with Crippen molar-refractivity contribution in [2.75, 3.05) is 30.0 Å². The van der Waals surface area contributed by atoms with Crippen molar-refractivity contribution in [1.82, 2.24) is 19.9 Å². The van der Waals surface area contributed by atoms with Crippen molar-refractivity contribution < 1.29 is 4.74 Å². The number of methoxy groups -OCH3 is 1. The molecule has 132 valence electrons. The Balaban J connectivity index is 1.43. The lowest BCUT2D eigenvalue weighted by Crippen LogP contribution is -2.46. The van der Waals surface area contributed by atoms with Crippen LogP contribution in [0.5, 0.6) is 0 Å². The second-order valence-corrected chi connectivity index (χ2v) is 6.69. The van der Waals surface area contributed by atoms with Gasteiger partial charge in [0.1, 0.15) is 24.6 Å². The van der Waals surface area contributed by atoms with Gasteiger partial charge in [-0.05, 0) is 37.8 Å². The molecule has 0 bridgehead atoms. The van der Waals surface area contributed by atoms with Gasteiger partial charge in [-0.2, -0.15) is 0 Å². The fraction of sp³-hybridized carbons (Fsp3) is 0.556. The van der Waals surface area contributed by atoms with Crippen LogP contribution in [0.15, 0.2) is 30.9 Å². The predicted molar refractivity (Wildman–Crippen MR) is 95.5 cm³/mol. The van der Waals surface area contributed by atoms with Gasteiger partial charge in [-0.1, -0.05) is 0 Å². The Kier molecular flexibility index (Phi) is 4.74. The molecule has 0 aromatic carbocycles. The number of hydrogen-bond acceptors (Lipinski definition) is 7. The Morgan fingerprint density at radius 3 is 2.56 bits per heavy atom. The molecule has 2 aromatic rings. The van der Waals surface area contributed by atoms with Crippen LogP contribution in [0.4, 0.5) is 11.6 Å². The summed E-state index contributed by atoms with van der Waals surface area (Å²) < 4.78 is 5.14. The number of aromatic nitrogens is 4. The Bertz CT molecular complexity index is 685. The maximum absolute atomic E-state index is 5.14. The van der Waals surface area contributed by atoms with Gasteiger partial charge in [0.15, 0.2) is 5.82 Å². The number of rotatable bonds is 6. The highest BCUT2D eigenvalue weighted by molar-refractivity contribution is 5.43. The minimum Gasteiger partial charge on any atom is -0.377 e. The molecule has 3 heterocycles. The topological polar surface area (TPSA) is 67.3 Å². The zero-order valence-electron chi connectivity index (χ0n) is 14.6. The monoisotopic (exact) mass is 340 g/mol. The predicted octanol–water partition coefficient (Wildman–Crippen LogP) is 2.05. The van der Waals surface area contributed by atoms with E-state index in [9.17, 15) is 0 Å². The average molecular weight is 340 g/mol. The minimum absolute atomic E-state index is 0.452. The largest absolute Gasteiger partial charge is 0.377 e. The molecule has 2 fully saturated rings. The van der Waals surface area contributed by atoms with Crippen molar-refractivity contribution in [2.24, 2.45) is 0 Å². The molecule has 2 aliphatic rings. The van der Waals surface area contributed by atoms with E-state index in [1.54, 1.807) is 13.4 Å². The van der Waals surface area contributed by atoms with E-state index in [1.807, 2.05) is 24.5 Å². The van der Waals surface area contributed by atoms with Crippen molar-refractivity contribution in [3.05, 3.63) is 36.7 Å². The third-order valence-corrected chi connectivity index (χ3v) is 4.92. The smallest absolute Gasteiger partial charge is 0.156 e. The molecule has 0 spiro atoms. The van der Waals surface area contributed by atoms with E-state index in [-0.39, 0.29) is 0 Å². The molecule has 1 aliphatic heterocycles. The SMILES string of the molecule is COCc1nccc(N2CCC(N(c3ccncn3)C3CC3)CC2)n1. The summed E-state index contributed by atoms with van der Waals surface area (Å²) >= 11 is 0. The van der Waals surface area contributed by atoms with Gasteiger partial charge in [0, 0.05) is 44.7 Å². The highest BCUT2D eigenvalue weighted by Crippen LogP contribution is 2.35. The summed E-state index contributed by atoms with van der Waals surface area (Å²) in [7, 11) is 1.67. The molecule has 1 saturated heterocycles. The normalized spacial score (nSPS) is 18.4. The summed E-state index contributed by atoms with van der Waals surface area (Å²) in [6.07, 6.45) is 10.1. The number of nitrogens with zero attached hydrogens (tertiary/aromatic N) is 6. The van der Waals surface area contributed by atoms with Gasteiger partial charge in [0.05, 0.1) is 0 Å². The zero-order chi connectivity index (χ0) is 17.1. The van der Waals surface area contributed by atoms with Gasteiger partial charge in [-0.3, -0.25) is 0 Å². The molecule has 0 unspecified atom stereocenters. The first-order chi connectivity index (χ1) is 12.3. The van der Waals surface area contributed by atoms with E-state index in [2.05, 4.69) is 29.7 Å². The Morgan fingerprint density at radius 1 is 1.08 bits per heavy atom. The maximum atomic E-state index is 5.14. The number of hydrogen-bond donors (Lipinski definition) is 0. The second-order valence-electron chi connectivity index (χ2n) is 6.69. The fourth-order valence-electron chi connectivity index (χ4n) is 3.60. The number of piperidine rings is 1. The van der Waals surface area contributed by atoms with Gasteiger partial charge < -0.3 is 14.5 Å². The standard InChI is InChI=1S/C18H24N6O/c1-25-12-16-20-9-5-18(22-16)23-10-6-15(7-11-23)24(14-2-3-14)17-4-8-19-13-21-17/h4-5,8-9,13-15H,2-3,6-7,10-12H2,1H3. The third kappa shape index (κ3) is 3.71. The lowest BCUT2D eigenvalue weighted by atomic mass is 10.0. The lowest BCUT2D eigenvalue weighted by Gasteiger charge is -2.39. The summed E-state index contributed by atoms with van der Waals surface area (Å²) in [5, 5.41) is 0. The van der Waals surface area contributed by atoms with Crippen LogP contribution < -0.4 is 9.80 Å². The van der Waals surface area contributed by atoms with Crippen LogP contribution in [0, 0.1) is 0 Å². The van der Waals surface area contributed by atoms with Crippen LogP contribution in [0.1, 0.15) is 31.5 Å². The van der Waals surface area contributed by atoms with Gasteiger partial charge in [-0.15, -0.1) is 0 Å². The Morgan fingerprint density at radius 2 is 1.88 bits per heavy atom. The first kappa shape index (κ1) is 16.2. The van der Waals surface area contributed by atoms with Crippen molar-refractivity contribution in [3.8, 4) is 0 Å². The molecule has 2 aromatic heterocycles. The number of ether oxygens (including phenoxy) is 1. The first-order valence-corrected chi connectivity index (χ1v) is 8.95. The van der Waals surface area contributed by atoms with Gasteiger partial charge in [-0.25, -0.2) is 19.9 Å². The maximum Gasteiger partial charge on any atom is 0.156 e. The van der Waals surface area contributed by atoms with Crippen LogP contribution in [0.25, 0.3) is 0 Å². The number of anilines is 2. The summed E-state index contributed by atoms with van der Waals surface area (Å²) in [4.78, 5) is 22.3. The first-order valence-electron chi connectivity index (χ1n) is 8.95. The molecule has 0 atom stereocenters. The molecule has 0 radical (unpaired) electrons. The van der Waals surface area contributed by atoms with E-state index in [0.717, 1.165) is 43.4 Å². The van der Waals surface area contributed by atoms with Crippen LogP contribution in [0.2, 0.25) is 0 Å². The summed E-state index contributed by atoms with van der Waals surface area (Å²) in [6, 6.07) is 5.21. The quantitative estimate of drug-likeness (QED) is 0.797. The summed E-state index contributed by atoms with van der Waals surface area (Å²) in [5.41, 5.74) is 0. The molecule has 7 heteroatoms. The highest BCUT2D eigenvalue weighted by atomic mass is 16.5. The molecular weight excluding hydrogens is 316 g/mol.